The molecule has 0 aliphatic rings. The predicted molar refractivity (Wildman–Crippen MR) is 90.8 cm³/mol. The molecule has 0 bridgehead atoms. The summed E-state index contributed by atoms with van der Waals surface area (Å²) >= 11 is 3.22. The number of hydrogen-bond acceptors (Lipinski definition) is 5. The number of hydrogen-bond donors (Lipinski definition) is 1. The molecule has 0 radical (unpaired) electrons. The van der Waals surface area contributed by atoms with E-state index in [1.165, 1.54) is 16.2 Å². The Morgan fingerprint density at radius 1 is 1.36 bits per heavy atom. The number of carbonyl (C=O) groups is 1. The van der Waals surface area contributed by atoms with Gasteiger partial charge in [0.25, 0.3) is 5.91 Å². The summed E-state index contributed by atoms with van der Waals surface area (Å²) in [4.78, 5) is 18.9. The van der Waals surface area contributed by atoms with Crippen LogP contribution in [0.15, 0.2) is 35.8 Å². The van der Waals surface area contributed by atoms with Crippen molar-refractivity contribution < 1.29 is 9.53 Å². The maximum absolute atomic E-state index is 12.3. The number of aromatic nitrogens is 1. The van der Waals surface area contributed by atoms with Crippen molar-refractivity contribution in [3.63, 3.8) is 0 Å². The van der Waals surface area contributed by atoms with E-state index >= 15 is 0 Å². The summed E-state index contributed by atoms with van der Waals surface area (Å²) < 4.78 is 6.50. The van der Waals surface area contributed by atoms with Crippen LogP contribution in [-0.4, -0.2) is 24.5 Å². The molecular formula is C16H16N2O2S2. The Bertz CT molecular complexity index is 794. The van der Waals surface area contributed by atoms with E-state index < -0.39 is 0 Å². The van der Waals surface area contributed by atoms with Crippen LogP contribution in [0.1, 0.15) is 26.2 Å². The van der Waals surface area contributed by atoms with Gasteiger partial charge in [-0.1, -0.05) is 0 Å². The molecular weight excluding hydrogens is 316 g/mol. The average molecular weight is 332 g/mol. The number of thiazole rings is 1. The van der Waals surface area contributed by atoms with Crippen molar-refractivity contribution in [3.8, 4) is 0 Å². The smallest absolute Gasteiger partial charge is 0.251 e. The van der Waals surface area contributed by atoms with Gasteiger partial charge in [-0.25, -0.2) is 4.98 Å². The first-order chi connectivity index (χ1) is 10.7. The lowest BCUT2D eigenvalue weighted by molar-refractivity contribution is 0.0838. The van der Waals surface area contributed by atoms with E-state index in [1.807, 2.05) is 18.2 Å². The first-order valence-corrected chi connectivity index (χ1v) is 8.57. The minimum atomic E-state index is -0.116. The Morgan fingerprint density at radius 2 is 2.23 bits per heavy atom. The number of aryl methyl sites for hydroxylation is 1. The van der Waals surface area contributed by atoms with Gasteiger partial charge < -0.3 is 10.1 Å². The number of nitrogens with one attached hydrogen (secondary N) is 1. The molecule has 3 aromatic rings. The first kappa shape index (κ1) is 15.1. The number of thiophene rings is 1. The zero-order chi connectivity index (χ0) is 15.5. The highest BCUT2D eigenvalue weighted by molar-refractivity contribution is 7.16. The van der Waals surface area contributed by atoms with Crippen LogP contribution in [0, 0.1) is 6.92 Å². The van der Waals surface area contributed by atoms with Crippen LogP contribution in [0.3, 0.4) is 0 Å². The fraction of sp³-hybridized carbons (Fsp3) is 0.250. The average Bonchev–Trinajstić information content (AvgIpc) is 3.15. The van der Waals surface area contributed by atoms with Crippen LogP contribution in [-0.2, 0) is 4.74 Å². The Balaban J connectivity index is 1.68. The Labute approximate surface area is 136 Å². The minimum Gasteiger partial charge on any atom is -0.374 e. The van der Waals surface area contributed by atoms with E-state index in [-0.39, 0.29) is 12.0 Å². The van der Waals surface area contributed by atoms with E-state index in [1.54, 1.807) is 30.0 Å². The molecule has 0 saturated carbocycles. The van der Waals surface area contributed by atoms with Crippen molar-refractivity contribution in [1.82, 2.24) is 10.3 Å². The number of methoxy groups -OCH3 is 1. The fourth-order valence-electron chi connectivity index (χ4n) is 2.21. The summed E-state index contributed by atoms with van der Waals surface area (Å²) in [6, 6.07) is 9.65. The van der Waals surface area contributed by atoms with E-state index in [4.69, 9.17) is 4.74 Å². The van der Waals surface area contributed by atoms with E-state index in [0.29, 0.717) is 12.1 Å². The summed E-state index contributed by atoms with van der Waals surface area (Å²) in [6.45, 7) is 2.51. The molecule has 1 atom stereocenters. The van der Waals surface area contributed by atoms with Gasteiger partial charge in [0, 0.05) is 29.0 Å². The Hall–Kier alpha value is -1.76. The van der Waals surface area contributed by atoms with Crippen LogP contribution in [0.25, 0.3) is 10.2 Å². The maximum Gasteiger partial charge on any atom is 0.251 e. The second kappa shape index (κ2) is 6.56. The largest absolute Gasteiger partial charge is 0.374 e. The Morgan fingerprint density at radius 3 is 2.95 bits per heavy atom. The molecule has 2 heterocycles. The summed E-state index contributed by atoms with van der Waals surface area (Å²) in [5.74, 6) is -0.0920. The van der Waals surface area contributed by atoms with Crippen molar-refractivity contribution in [2.24, 2.45) is 0 Å². The second-order valence-electron chi connectivity index (χ2n) is 4.92. The standard InChI is InChI=1S/C16H16N2O2S2/c1-10-3-6-14(22-10)13(20-2)8-17-16(19)11-4-5-12-15(7-11)21-9-18-12/h3-7,9,13H,8H2,1-2H3,(H,17,19). The highest BCUT2D eigenvalue weighted by atomic mass is 32.1. The van der Waals surface area contributed by atoms with Crippen molar-refractivity contribution in [3.05, 3.63) is 51.2 Å². The molecule has 1 amide bonds. The molecule has 0 aliphatic carbocycles. The third-order valence-electron chi connectivity index (χ3n) is 3.40. The molecule has 1 N–H and O–H groups in total. The third kappa shape index (κ3) is 3.19. The highest BCUT2D eigenvalue weighted by Gasteiger charge is 2.15. The number of ether oxygens (including phenoxy) is 1. The number of amides is 1. The topological polar surface area (TPSA) is 51.2 Å². The summed E-state index contributed by atoms with van der Waals surface area (Å²) in [6.07, 6.45) is -0.116. The molecule has 3 rings (SSSR count). The van der Waals surface area contributed by atoms with Crippen LogP contribution >= 0.6 is 22.7 Å². The molecule has 0 fully saturated rings. The maximum atomic E-state index is 12.3. The first-order valence-electron chi connectivity index (χ1n) is 6.88. The minimum absolute atomic E-state index is 0.0920. The third-order valence-corrected chi connectivity index (χ3v) is 5.29. The molecule has 4 nitrogen and oxygen atoms in total. The van der Waals surface area contributed by atoms with E-state index in [9.17, 15) is 4.79 Å². The van der Waals surface area contributed by atoms with Gasteiger partial charge >= 0.3 is 0 Å². The number of fused-ring (bicyclic) bond motifs is 1. The van der Waals surface area contributed by atoms with Crippen molar-refractivity contribution in [2.45, 2.75) is 13.0 Å². The normalized spacial score (nSPS) is 12.5. The van der Waals surface area contributed by atoms with Gasteiger partial charge in [0.15, 0.2) is 0 Å². The monoisotopic (exact) mass is 332 g/mol. The number of carbonyl (C=O) groups excluding carboxylic acids is 1. The van der Waals surface area contributed by atoms with Crippen molar-refractivity contribution in [1.29, 1.82) is 0 Å². The number of benzene rings is 1. The molecule has 1 aromatic carbocycles. The lowest BCUT2D eigenvalue weighted by Gasteiger charge is -2.14. The van der Waals surface area contributed by atoms with Gasteiger partial charge in [0.05, 0.1) is 15.7 Å². The Kier molecular flexibility index (Phi) is 4.52. The molecule has 114 valence electrons. The SMILES string of the molecule is COC(CNC(=O)c1ccc2ncsc2c1)c1ccc(C)s1. The molecule has 2 aromatic heterocycles. The van der Waals surface area contributed by atoms with Crippen LogP contribution in [0.2, 0.25) is 0 Å². The van der Waals surface area contributed by atoms with Gasteiger partial charge in [-0.2, -0.15) is 0 Å². The van der Waals surface area contributed by atoms with Crippen LogP contribution in [0.4, 0.5) is 0 Å². The number of nitrogens with zero attached hydrogens (tertiary/aromatic N) is 1. The molecule has 6 heteroatoms. The second-order valence-corrected chi connectivity index (χ2v) is 7.12. The van der Waals surface area contributed by atoms with E-state index in [2.05, 4.69) is 23.3 Å². The zero-order valence-corrected chi connectivity index (χ0v) is 14.0. The molecule has 0 spiro atoms. The lowest BCUT2D eigenvalue weighted by atomic mass is 10.2. The van der Waals surface area contributed by atoms with E-state index in [0.717, 1.165) is 15.1 Å². The van der Waals surface area contributed by atoms with Gasteiger partial charge in [-0.15, -0.1) is 22.7 Å². The highest BCUT2D eigenvalue weighted by Crippen LogP contribution is 2.25. The molecule has 1 unspecified atom stereocenters. The summed E-state index contributed by atoms with van der Waals surface area (Å²) in [5.41, 5.74) is 3.35. The van der Waals surface area contributed by atoms with Gasteiger partial charge in [0.2, 0.25) is 0 Å². The van der Waals surface area contributed by atoms with Gasteiger partial charge in [0.1, 0.15) is 6.10 Å². The quantitative estimate of drug-likeness (QED) is 0.773. The molecule has 0 saturated heterocycles. The van der Waals surface area contributed by atoms with Gasteiger partial charge in [-0.05, 0) is 37.3 Å². The number of rotatable bonds is 5. The summed E-state index contributed by atoms with van der Waals surface area (Å²) in [5, 5.41) is 2.94. The predicted octanol–water partition coefficient (Wildman–Crippen LogP) is 3.78. The summed E-state index contributed by atoms with van der Waals surface area (Å²) in [7, 11) is 1.66. The molecule has 22 heavy (non-hydrogen) atoms. The lowest BCUT2D eigenvalue weighted by Crippen LogP contribution is -2.28. The van der Waals surface area contributed by atoms with Crippen molar-refractivity contribution >= 4 is 38.8 Å². The van der Waals surface area contributed by atoms with Crippen LogP contribution in [0.5, 0.6) is 0 Å². The molecule has 0 aliphatic heterocycles. The van der Waals surface area contributed by atoms with Crippen molar-refractivity contribution in [2.75, 3.05) is 13.7 Å². The fourth-order valence-corrected chi connectivity index (χ4v) is 3.88. The van der Waals surface area contributed by atoms with Gasteiger partial charge in [-0.3, -0.25) is 4.79 Å². The van der Waals surface area contributed by atoms with Crippen LogP contribution < -0.4 is 5.32 Å². The zero-order valence-electron chi connectivity index (χ0n) is 12.3.